The fourth-order valence-electron chi connectivity index (χ4n) is 3.86. The van der Waals surface area contributed by atoms with Gasteiger partial charge < -0.3 is 10.2 Å². The number of halogens is 1. The number of anilines is 2. The van der Waals surface area contributed by atoms with E-state index < -0.39 is 0 Å². The number of nitrogens with zero attached hydrogens (tertiary/aromatic N) is 3. The van der Waals surface area contributed by atoms with E-state index >= 15 is 0 Å². The van der Waals surface area contributed by atoms with E-state index in [-0.39, 0.29) is 11.8 Å². The van der Waals surface area contributed by atoms with Crippen LogP contribution in [0.15, 0.2) is 54.6 Å². The van der Waals surface area contributed by atoms with Gasteiger partial charge in [-0.3, -0.25) is 4.79 Å². The maximum absolute atomic E-state index is 12.9. The molecular formula is C24H25ClN4O. The maximum Gasteiger partial charge on any atom is 0.229 e. The first-order valence-electron chi connectivity index (χ1n) is 10.2. The Labute approximate surface area is 182 Å². The number of amides is 1. The number of nitrogens with one attached hydrogen (secondary N) is 1. The zero-order valence-corrected chi connectivity index (χ0v) is 18.0. The largest absolute Gasteiger partial charge is 0.354 e. The number of hydrogen-bond acceptors (Lipinski definition) is 4. The number of carbonyl (C=O) groups excluding carboxylic acids is 1. The topological polar surface area (TPSA) is 58.1 Å². The molecule has 0 aliphatic carbocycles. The van der Waals surface area contributed by atoms with Crippen molar-refractivity contribution in [3.8, 4) is 11.3 Å². The van der Waals surface area contributed by atoms with Crippen molar-refractivity contribution in [3.05, 3.63) is 70.7 Å². The SMILES string of the molecule is Cc1ccc(Cl)cc1NC(=O)C1CCCN(c2ccc(-c3ccccc3C)nn2)C1. The van der Waals surface area contributed by atoms with Crippen molar-refractivity contribution in [2.24, 2.45) is 5.92 Å². The first kappa shape index (κ1) is 20.4. The van der Waals surface area contributed by atoms with Gasteiger partial charge in [0.15, 0.2) is 5.82 Å². The molecular weight excluding hydrogens is 396 g/mol. The van der Waals surface area contributed by atoms with E-state index in [1.807, 2.05) is 43.3 Å². The zero-order valence-electron chi connectivity index (χ0n) is 17.2. The van der Waals surface area contributed by atoms with Crippen LogP contribution in [-0.4, -0.2) is 29.2 Å². The van der Waals surface area contributed by atoms with Crippen LogP contribution in [0.1, 0.15) is 24.0 Å². The molecule has 154 valence electrons. The van der Waals surface area contributed by atoms with Crippen LogP contribution >= 0.6 is 11.6 Å². The van der Waals surface area contributed by atoms with Crippen LogP contribution < -0.4 is 10.2 Å². The van der Waals surface area contributed by atoms with Gasteiger partial charge in [0, 0.05) is 29.4 Å². The molecule has 0 spiro atoms. The van der Waals surface area contributed by atoms with E-state index in [0.717, 1.165) is 47.7 Å². The van der Waals surface area contributed by atoms with Crippen LogP contribution in [-0.2, 0) is 4.79 Å². The molecule has 1 aromatic heterocycles. The van der Waals surface area contributed by atoms with Crippen LogP contribution in [0.3, 0.4) is 0 Å². The van der Waals surface area contributed by atoms with Crippen LogP contribution in [0, 0.1) is 19.8 Å². The Kier molecular flexibility index (Phi) is 6.00. The summed E-state index contributed by atoms with van der Waals surface area (Å²) >= 11 is 6.08. The van der Waals surface area contributed by atoms with Gasteiger partial charge in [0.2, 0.25) is 5.91 Å². The van der Waals surface area contributed by atoms with Crippen molar-refractivity contribution in [2.45, 2.75) is 26.7 Å². The molecule has 1 aliphatic rings. The number of piperidine rings is 1. The fourth-order valence-corrected chi connectivity index (χ4v) is 4.03. The predicted molar refractivity (Wildman–Crippen MR) is 122 cm³/mol. The molecule has 1 fully saturated rings. The summed E-state index contributed by atoms with van der Waals surface area (Å²) in [4.78, 5) is 15.0. The molecule has 0 radical (unpaired) electrons. The Balaban J connectivity index is 1.45. The zero-order chi connectivity index (χ0) is 21.1. The van der Waals surface area contributed by atoms with Crippen LogP contribution in [0.2, 0.25) is 5.02 Å². The minimum Gasteiger partial charge on any atom is -0.354 e. The third-order valence-electron chi connectivity index (χ3n) is 5.65. The lowest BCUT2D eigenvalue weighted by Gasteiger charge is -2.32. The first-order valence-corrected chi connectivity index (χ1v) is 10.6. The lowest BCUT2D eigenvalue weighted by Crippen LogP contribution is -2.41. The van der Waals surface area contributed by atoms with Crippen molar-refractivity contribution >= 4 is 29.0 Å². The Bertz CT molecular complexity index is 1050. The molecule has 1 amide bonds. The average Bonchev–Trinajstić information content (AvgIpc) is 2.77. The van der Waals surface area contributed by atoms with Crippen LogP contribution in [0.5, 0.6) is 0 Å². The highest BCUT2D eigenvalue weighted by Gasteiger charge is 2.27. The minimum absolute atomic E-state index is 0.0227. The summed E-state index contributed by atoms with van der Waals surface area (Å²) in [6.07, 6.45) is 1.80. The lowest BCUT2D eigenvalue weighted by molar-refractivity contribution is -0.120. The van der Waals surface area contributed by atoms with Gasteiger partial charge in [-0.05, 0) is 62.1 Å². The molecule has 3 aromatic rings. The number of aromatic nitrogens is 2. The highest BCUT2D eigenvalue weighted by atomic mass is 35.5. The number of carbonyl (C=O) groups is 1. The summed E-state index contributed by atoms with van der Waals surface area (Å²) in [7, 11) is 0. The number of hydrogen-bond donors (Lipinski definition) is 1. The van der Waals surface area contributed by atoms with E-state index in [9.17, 15) is 4.79 Å². The highest BCUT2D eigenvalue weighted by Crippen LogP contribution is 2.26. The number of benzene rings is 2. The Hall–Kier alpha value is -2.92. The van der Waals surface area contributed by atoms with Gasteiger partial charge in [0.1, 0.15) is 0 Å². The summed E-state index contributed by atoms with van der Waals surface area (Å²) in [6, 6.07) is 17.7. The van der Waals surface area contributed by atoms with E-state index in [1.165, 1.54) is 5.56 Å². The first-order chi connectivity index (χ1) is 14.5. The van der Waals surface area contributed by atoms with Gasteiger partial charge in [0.25, 0.3) is 0 Å². The molecule has 6 heteroatoms. The Morgan fingerprint density at radius 2 is 1.90 bits per heavy atom. The van der Waals surface area contributed by atoms with Crippen molar-refractivity contribution in [1.82, 2.24) is 10.2 Å². The minimum atomic E-state index is -0.102. The van der Waals surface area contributed by atoms with Gasteiger partial charge in [0.05, 0.1) is 11.6 Å². The molecule has 0 bridgehead atoms. The summed E-state index contributed by atoms with van der Waals surface area (Å²) in [5, 5.41) is 12.5. The van der Waals surface area contributed by atoms with Crippen LogP contribution in [0.4, 0.5) is 11.5 Å². The summed E-state index contributed by atoms with van der Waals surface area (Å²) in [5.41, 5.74) is 4.89. The molecule has 1 saturated heterocycles. The normalized spacial score (nSPS) is 16.4. The fraction of sp³-hybridized carbons (Fsp3) is 0.292. The predicted octanol–water partition coefficient (Wildman–Crippen LogP) is 5.27. The van der Waals surface area contributed by atoms with E-state index in [1.54, 1.807) is 6.07 Å². The van der Waals surface area contributed by atoms with E-state index in [4.69, 9.17) is 11.6 Å². The van der Waals surface area contributed by atoms with Gasteiger partial charge in [-0.25, -0.2) is 0 Å². The Morgan fingerprint density at radius 1 is 1.07 bits per heavy atom. The van der Waals surface area contributed by atoms with Crippen molar-refractivity contribution in [3.63, 3.8) is 0 Å². The molecule has 2 aromatic carbocycles. The van der Waals surface area contributed by atoms with Crippen molar-refractivity contribution in [2.75, 3.05) is 23.3 Å². The van der Waals surface area contributed by atoms with E-state index in [2.05, 4.69) is 39.5 Å². The lowest BCUT2D eigenvalue weighted by atomic mass is 9.96. The third-order valence-corrected chi connectivity index (χ3v) is 5.88. The average molecular weight is 421 g/mol. The van der Waals surface area contributed by atoms with Gasteiger partial charge in [-0.1, -0.05) is 41.9 Å². The molecule has 2 heterocycles. The smallest absolute Gasteiger partial charge is 0.229 e. The molecule has 0 saturated carbocycles. The van der Waals surface area contributed by atoms with Gasteiger partial charge >= 0.3 is 0 Å². The summed E-state index contributed by atoms with van der Waals surface area (Å²) in [6.45, 7) is 5.54. The molecule has 1 atom stereocenters. The second kappa shape index (κ2) is 8.84. The monoisotopic (exact) mass is 420 g/mol. The number of rotatable bonds is 4. The van der Waals surface area contributed by atoms with Crippen molar-refractivity contribution < 1.29 is 4.79 Å². The summed E-state index contributed by atoms with van der Waals surface area (Å²) in [5.74, 6) is 0.730. The second-order valence-electron chi connectivity index (χ2n) is 7.83. The van der Waals surface area contributed by atoms with Gasteiger partial charge in [-0.15, -0.1) is 10.2 Å². The molecule has 1 N–H and O–H groups in total. The van der Waals surface area contributed by atoms with Gasteiger partial charge in [-0.2, -0.15) is 0 Å². The molecule has 30 heavy (non-hydrogen) atoms. The summed E-state index contributed by atoms with van der Waals surface area (Å²) < 4.78 is 0. The second-order valence-corrected chi connectivity index (χ2v) is 8.26. The standard InChI is InChI=1S/C24H25ClN4O/c1-16-6-3-4-8-20(16)21-11-12-23(28-27-21)29-13-5-7-18(15-29)24(30)26-22-14-19(25)10-9-17(22)2/h3-4,6,8-12,14,18H,5,7,13,15H2,1-2H3,(H,26,30). The molecule has 1 unspecified atom stereocenters. The molecule has 1 aliphatic heterocycles. The van der Waals surface area contributed by atoms with Crippen molar-refractivity contribution in [1.29, 1.82) is 0 Å². The maximum atomic E-state index is 12.9. The molecule has 4 rings (SSSR count). The third kappa shape index (κ3) is 4.46. The molecule has 5 nitrogen and oxygen atoms in total. The quantitative estimate of drug-likeness (QED) is 0.624. The van der Waals surface area contributed by atoms with E-state index in [0.29, 0.717) is 11.6 Å². The van der Waals surface area contributed by atoms with Crippen LogP contribution in [0.25, 0.3) is 11.3 Å². The number of aryl methyl sites for hydroxylation is 2. The Morgan fingerprint density at radius 3 is 2.67 bits per heavy atom. The highest BCUT2D eigenvalue weighted by molar-refractivity contribution is 6.31.